The van der Waals surface area contributed by atoms with Crippen LogP contribution in [0.2, 0.25) is 0 Å². The van der Waals surface area contributed by atoms with Crippen LogP contribution in [0.4, 0.5) is 4.39 Å². The van der Waals surface area contributed by atoms with E-state index in [9.17, 15) is 9.18 Å². The van der Waals surface area contributed by atoms with Gasteiger partial charge in [-0.3, -0.25) is 19.2 Å². The molecular formula is C27H29FN4O2. The molecule has 2 aliphatic rings. The number of nitrogens with zero attached hydrogens (tertiary/aromatic N) is 4. The van der Waals surface area contributed by atoms with E-state index in [1.165, 1.54) is 48.2 Å². The highest BCUT2D eigenvalue weighted by Gasteiger charge is 2.32. The molecule has 5 heterocycles. The smallest absolute Gasteiger partial charge is 0.258 e. The Morgan fingerprint density at radius 1 is 1.18 bits per heavy atom. The van der Waals surface area contributed by atoms with Gasteiger partial charge >= 0.3 is 0 Å². The zero-order valence-electron chi connectivity index (χ0n) is 18.5. The van der Waals surface area contributed by atoms with Crippen LogP contribution in [0.5, 0.6) is 5.75 Å². The van der Waals surface area contributed by atoms with Gasteiger partial charge < -0.3 is 9.30 Å². The molecule has 7 heteroatoms. The number of pyridine rings is 2. The lowest BCUT2D eigenvalue weighted by atomic mass is 9.99. The van der Waals surface area contributed by atoms with E-state index in [4.69, 9.17) is 4.74 Å². The molecule has 0 N–H and O–H groups in total. The molecule has 0 aliphatic carbocycles. The van der Waals surface area contributed by atoms with Gasteiger partial charge in [0, 0.05) is 49.4 Å². The van der Waals surface area contributed by atoms with Gasteiger partial charge in [-0.05, 0) is 55.3 Å². The van der Waals surface area contributed by atoms with Crippen molar-refractivity contribution in [1.29, 1.82) is 0 Å². The summed E-state index contributed by atoms with van der Waals surface area (Å²) in [5, 5.41) is 1.28. The molecule has 3 aromatic heterocycles. The fraction of sp³-hybridized carbons (Fsp3) is 0.333. The number of halogens is 1. The van der Waals surface area contributed by atoms with Crippen LogP contribution in [0.15, 0.2) is 59.7 Å². The number of hydrogen-bond acceptors (Lipinski definition) is 4. The first-order valence-electron chi connectivity index (χ1n) is 11.4. The monoisotopic (exact) mass is 460 g/mol. The van der Waals surface area contributed by atoms with Crippen molar-refractivity contribution in [3.05, 3.63) is 88.0 Å². The Morgan fingerprint density at radius 3 is 2.85 bits per heavy atom. The minimum atomic E-state index is -0.391. The minimum absolute atomic E-state index is 0. The number of benzene rings is 1. The lowest BCUT2D eigenvalue weighted by Gasteiger charge is -2.30. The minimum Gasteiger partial charge on any atom is -0.487 e. The molecule has 1 aromatic carbocycles. The van der Waals surface area contributed by atoms with Crippen molar-refractivity contribution in [3.8, 4) is 11.4 Å². The SMILES string of the molecule is C.Cn1c2c(c3ccc(-n4ccc(OCc5ccc(F)cn5)cc4=O)cc31)CN1CCCC1C2. The molecule has 6 rings (SSSR count). The summed E-state index contributed by atoms with van der Waals surface area (Å²) in [6, 6.07) is 13.1. The summed E-state index contributed by atoms with van der Waals surface area (Å²) >= 11 is 0. The molecule has 1 fully saturated rings. The molecule has 6 nitrogen and oxygen atoms in total. The van der Waals surface area contributed by atoms with E-state index in [-0.39, 0.29) is 19.6 Å². The van der Waals surface area contributed by atoms with Gasteiger partial charge in [0.2, 0.25) is 0 Å². The lowest BCUT2D eigenvalue weighted by molar-refractivity contribution is 0.225. The third kappa shape index (κ3) is 3.80. The van der Waals surface area contributed by atoms with E-state index in [1.54, 1.807) is 22.9 Å². The highest BCUT2D eigenvalue weighted by Crippen LogP contribution is 2.36. The number of aryl methyl sites for hydroxylation is 1. The summed E-state index contributed by atoms with van der Waals surface area (Å²) in [7, 11) is 2.14. The van der Waals surface area contributed by atoms with E-state index in [0.717, 1.165) is 30.4 Å². The summed E-state index contributed by atoms with van der Waals surface area (Å²) in [6.45, 7) is 2.38. The van der Waals surface area contributed by atoms with Gasteiger partial charge in [-0.1, -0.05) is 13.5 Å². The Labute approximate surface area is 198 Å². The number of fused-ring (bicyclic) bond motifs is 4. The van der Waals surface area contributed by atoms with Gasteiger partial charge in [0.25, 0.3) is 5.56 Å². The van der Waals surface area contributed by atoms with Crippen LogP contribution in [-0.2, 0) is 26.6 Å². The molecule has 0 radical (unpaired) electrons. The Hall–Kier alpha value is -3.45. The molecule has 0 spiro atoms. The van der Waals surface area contributed by atoms with Crippen LogP contribution < -0.4 is 10.3 Å². The Bertz CT molecular complexity index is 1410. The summed E-state index contributed by atoms with van der Waals surface area (Å²) < 4.78 is 22.6. The van der Waals surface area contributed by atoms with Gasteiger partial charge in [0.05, 0.1) is 23.1 Å². The van der Waals surface area contributed by atoms with E-state index in [2.05, 4.69) is 33.6 Å². The second-order valence-electron chi connectivity index (χ2n) is 8.98. The van der Waals surface area contributed by atoms with Crippen LogP contribution in [0.1, 0.15) is 37.2 Å². The standard InChI is InChI=1S/C26H25FN4O2.CH4/c1-29-24-12-20(6-7-22(24)23-15-30-9-2-3-19(30)11-25(23)29)31-10-8-21(13-26(31)32)33-16-18-5-4-17(27)14-28-18;/h4-8,10,12-14,19H,2-3,9,11,15-16H2,1H3;1H4. The van der Waals surface area contributed by atoms with Crippen LogP contribution in [-0.4, -0.2) is 31.6 Å². The zero-order valence-corrected chi connectivity index (χ0v) is 18.5. The summed E-state index contributed by atoms with van der Waals surface area (Å²) in [5.41, 5.74) is 5.28. The lowest BCUT2D eigenvalue weighted by Crippen LogP contribution is -2.35. The molecule has 34 heavy (non-hydrogen) atoms. The number of ether oxygens (including phenoxy) is 1. The molecule has 0 bridgehead atoms. The molecule has 0 amide bonds. The number of hydrogen-bond donors (Lipinski definition) is 0. The molecule has 176 valence electrons. The van der Waals surface area contributed by atoms with Crippen LogP contribution in [0.25, 0.3) is 16.6 Å². The first-order chi connectivity index (χ1) is 16.1. The Morgan fingerprint density at radius 2 is 2.06 bits per heavy atom. The third-order valence-electron chi connectivity index (χ3n) is 7.05. The van der Waals surface area contributed by atoms with Crippen molar-refractivity contribution in [3.63, 3.8) is 0 Å². The third-order valence-corrected chi connectivity index (χ3v) is 7.05. The van der Waals surface area contributed by atoms with Gasteiger partial charge in [-0.15, -0.1) is 0 Å². The first-order valence-corrected chi connectivity index (χ1v) is 11.4. The molecule has 1 saturated heterocycles. The molecule has 1 unspecified atom stereocenters. The second-order valence-corrected chi connectivity index (χ2v) is 8.98. The quantitative estimate of drug-likeness (QED) is 0.447. The molecule has 2 aliphatic heterocycles. The fourth-order valence-electron chi connectivity index (χ4n) is 5.32. The van der Waals surface area contributed by atoms with Crippen LogP contribution in [0.3, 0.4) is 0 Å². The first kappa shape index (κ1) is 22.3. The zero-order chi connectivity index (χ0) is 22.5. The summed E-state index contributed by atoms with van der Waals surface area (Å²) in [6.07, 6.45) is 6.57. The van der Waals surface area contributed by atoms with Crippen molar-refractivity contribution < 1.29 is 9.13 Å². The maximum Gasteiger partial charge on any atom is 0.258 e. The maximum absolute atomic E-state index is 13.0. The number of rotatable bonds is 4. The maximum atomic E-state index is 13.0. The van der Waals surface area contributed by atoms with Crippen molar-refractivity contribution in [2.24, 2.45) is 7.05 Å². The predicted octanol–water partition coefficient (Wildman–Crippen LogP) is 4.60. The fourth-order valence-corrected chi connectivity index (χ4v) is 5.32. The average molecular weight is 461 g/mol. The Kier molecular flexibility index (Phi) is 5.73. The molecule has 1 atom stereocenters. The van der Waals surface area contributed by atoms with Crippen LogP contribution in [0, 0.1) is 5.82 Å². The molecule has 4 aromatic rings. The highest BCUT2D eigenvalue weighted by molar-refractivity contribution is 5.87. The highest BCUT2D eigenvalue weighted by atomic mass is 19.1. The topological polar surface area (TPSA) is 52.3 Å². The van der Waals surface area contributed by atoms with E-state index >= 15 is 0 Å². The van der Waals surface area contributed by atoms with Gasteiger partial charge in [0.1, 0.15) is 18.2 Å². The van der Waals surface area contributed by atoms with E-state index < -0.39 is 5.82 Å². The Balaban J connectivity index is 0.00000241. The summed E-state index contributed by atoms with van der Waals surface area (Å²) in [4.78, 5) is 19.4. The van der Waals surface area contributed by atoms with Gasteiger partial charge in [-0.2, -0.15) is 0 Å². The van der Waals surface area contributed by atoms with Crippen molar-refractivity contribution >= 4 is 10.9 Å². The average Bonchev–Trinajstić information content (AvgIpc) is 3.39. The number of aromatic nitrogens is 3. The van der Waals surface area contributed by atoms with Crippen molar-refractivity contribution in [2.45, 2.75) is 45.9 Å². The normalized spacial score (nSPS) is 17.3. The second kappa shape index (κ2) is 8.72. The summed E-state index contributed by atoms with van der Waals surface area (Å²) in [5.74, 6) is 0.0659. The van der Waals surface area contributed by atoms with Gasteiger partial charge in [0.15, 0.2) is 0 Å². The largest absolute Gasteiger partial charge is 0.487 e. The van der Waals surface area contributed by atoms with Crippen LogP contribution >= 0.6 is 0 Å². The predicted molar refractivity (Wildman–Crippen MR) is 131 cm³/mol. The van der Waals surface area contributed by atoms with Crippen molar-refractivity contribution in [1.82, 2.24) is 19.0 Å². The molecular weight excluding hydrogens is 431 g/mol. The van der Waals surface area contributed by atoms with E-state index in [0.29, 0.717) is 17.5 Å². The van der Waals surface area contributed by atoms with E-state index in [1.807, 2.05) is 6.07 Å². The van der Waals surface area contributed by atoms with Crippen molar-refractivity contribution in [2.75, 3.05) is 6.54 Å². The molecule has 0 saturated carbocycles. The van der Waals surface area contributed by atoms with Gasteiger partial charge in [-0.25, -0.2) is 4.39 Å².